The Balaban J connectivity index is -0.000000151. The molecule has 0 aliphatic heterocycles. The number of rotatable bonds is 7. The second-order valence-electron chi connectivity index (χ2n) is 6.41. The van der Waals surface area contributed by atoms with Crippen molar-refractivity contribution in [1.29, 1.82) is 0 Å². The average Bonchev–Trinajstić information content (AvgIpc) is 2.60. The first kappa shape index (κ1) is 35.5. The maximum absolute atomic E-state index is 9.86. The molecule has 0 amide bonds. The fraction of sp³-hybridized carbons (Fsp3) is 0.812. The predicted octanol–water partition coefficient (Wildman–Crippen LogP) is -3.95. The summed E-state index contributed by atoms with van der Waals surface area (Å²) in [6.45, 7) is 7.44. The van der Waals surface area contributed by atoms with Gasteiger partial charge in [0.25, 0.3) is 0 Å². The Hall–Kier alpha value is -1.91. The monoisotopic (exact) mass is 446 g/mol. The molecule has 0 spiro atoms. The molecule has 8 atom stereocenters. The maximum atomic E-state index is 9.86. The van der Waals surface area contributed by atoms with E-state index in [4.69, 9.17) is 58.7 Å². The van der Waals surface area contributed by atoms with E-state index in [0.717, 1.165) is 0 Å². The van der Waals surface area contributed by atoms with Gasteiger partial charge in [-0.2, -0.15) is 0 Å². The van der Waals surface area contributed by atoms with Gasteiger partial charge in [0.05, 0.1) is 24.4 Å². The highest BCUT2D eigenvalue weighted by atomic mass is 16.4. The van der Waals surface area contributed by atoms with E-state index < -0.39 is 54.3 Å². The summed E-state index contributed by atoms with van der Waals surface area (Å²) in [6.07, 6.45) is -3.31. The van der Waals surface area contributed by atoms with Gasteiger partial charge in [0.15, 0.2) is 0 Å². The van der Waals surface area contributed by atoms with Gasteiger partial charge in [-0.1, -0.05) is 0 Å². The number of hydrogen-bond acceptors (Lipinski definition) is 11. The minimum Gasteiger partial charge on any atom is -0.480 e. The molecule has 0 aromatic carbocycles. The van der Waals surface area contributed by atoms with Crippen molar-refractivity contribution < 1.29 is 50.1 Å². The van der Waals surface area contributed by atoms with Crippen molar-refractivity contribution in [3.05, 3.63) is 0 Å². The lowest BCUT2D eigenvalue weighted by atomic mass is 10.2. The van der Waals surface area contributed by atoms with E-state index in [-0.39, 0.29) is 12.1 Å². The molecular weight excluding hydrogens is 408 g/mol. The standard InChI is InChI=1S/3C4H9NO3.C4H11NO/c3*1-2(6)3(5)4(7)8;1-3(5)4(2)6/h3*2-3,6H,5H2,1H3,(H,7,8);3-4,6H,5H2,1-2H3/t2-,3+;2*2-,3-;3-,4?/m1111/s1. The van der Waals surface area contributed by atoms with Crippen molar-refractivity contribution in [3.8, 4) is 0 Å². The zero-order valence-electron chi connectivity index (χ0n) is 17.8. The Morgan fingerprint density at radius 2 is 0.633 bits per heavy atom. The normalized spacial score (nSPS) is 17.9. The Morgan fingerprint density at radius 1 is 0.500 bits per heavy atom. The molecule has 0 aromatic rings. The van der Waals surface area contributed by atoms with E-state index in [2.05, 4.69) is 0 Å². The van der Waals surface area contributed by atoms with Crippen LogP contribution in [0.15, 0.2) is 0 Å². The number of nitrogens with two attached hydrogens (primary N) is 4. The second-order valence-corrected chi connectivity index (χ2v) is 6.41. The van der Waals surface area contributed by atoms with Crippen molar-refractivity contribution in [2.45, 2.75) is 83.2 Å². The lowest BCUT2D eigenvalue weighted by Crippen LogP contribution is -2.39. The van der Waals surface area contributed by atoms with Gasteiger partial charge in [-0.25, -0.2) is 0 Å². The van der Waals surface area contributed by atoms with E-state index in [1.54, 1.807) is 13.8 Å². The molecule has 15 N–H and O–H groups in total. The fourth-order valence-corrected chi connectivity index (χ4v) is 0.619. The van der Waals surface area contributed by atoms with Gasteiger partial charge in [-0.3, -0.25) is 14.4 Å². The number of aliphatic carboxylic acids is 3. The molecule has 1 unspecified atom stereocenters. The van der Waals surface area contributed by atoms with Crippen LogP contribution in [0.25, 0.3) is 0 Å². The Morgan fingerprint density at radius 3 is 0.633 bits per heavy atom. The zero-order valence-corrected chi connectivity index (χ0v) is 17.8. The third-order valence-electron chi connectivity index (χ3n) is 3.18. The molecule has 182 valence electrons. The molecule has 30 heavy (non-hydrogen) atoms. The maximum Gasteiger partial charge on any atom is 0.323 e. The number of carboxylic acid groups (broad SMARTS) is 3. The number of aliphatic hydroxyl groups is 4. The smallest absolute Gasteiger partial charge is 0.323 e. The Bertz CT molecular complexity index is 410. The van der Waals surface area contributed by atoms with E-state index in [9.17, 15) is 14.4 Å². The molecule has 0 heterocycles. The summed E-state index contributed by atoms with van der Waals surface area (Å²) < 4.78 is 0. The molecule has 0 saturated carbocycles. The van der Waals surface area contributed by atoms with Gasteiger partial charge in [0.1, 0.15) is 18.1 Å². The van der Waals surface area contributed by atoms with Gasteiger partial charge in [-0.05, 0) is 34.6 Å². The largest absolute Gasteiger partial charge is 0.480 e. The highest BCUT2D eigenvalue weighted by molar-refractivity contribution is 5.74. The fourth-order valence-electron chi connectivity index (χ4n) is 0.619. The first-order valence-corrected chi connectivity index (χ1v) is 8.74. The van der Waals surface area contributed by atoms with Crippen LogP contribution in [0.3, 0.4) is 0 Å². The van der Waals surface area contributed by atoms with Crippen LogP contribution in [0.5, 0.6) is 0 Å². The lowest BCUT2D eigenvalue weighted by molar-refractivity contribution is -0.141. The topological polar surface area (TPSA) is 297 Å². The molecule has 0 radical (unpaired) electrons. The lowest BCUT2D eigenvalue weighted by Gasteiger charge is -2.07. The van der Waals surface area contributed by atoms with Crippen molar-refractivity contribution in [1.82, 2.24) is 0 Å². The quantitative estimate of drug-likeness (QED) is 0.178. The molecule has 0 bridgehead atoms. The summed E-state index contributed by atoms with van der Waals surface area (Å²) in [4.78, 5) is 29.6. The molecule has 14 nitrogen and oxygen atoms in total. The van der Waals surface area contributed by atoms with Crippen LogP contribution in [0.2, 0.25) is 0 Å². The number of carbonyl (C=O) groups is 3. The van der Waals surface area contributed by atoms with E-state index in [0.29, 0.717) is 0 Å². The minimum atomic E-state index is -1.18. The molecule has 0 rings (SSSR count). The summed E-state index contributed by atoms with van der Waals surface area (Å²) in [6, 6.07) is -3.56. The zero-order chi connectivity index (χ0) is 25.4. The summed E-state index contributed by atoms with van der Waals surface area (Å²) in [7, 11) is 0. The SMILES string of the molecule is CC(O)[C@@H](C)N.C[C@@H](O)[C@@H](N)C(=O)O.C[C@@H](O)[C@@H](N)C(=O)O.C[C@@H](O)[C@H](N)C(=O)O. The van der Waals surface area contributed by atoms with Crippen LogP contribution < -0.4 is 22.9 Å². The summed E-state index contributed by atoms with van der Waals surface area (Å²) >= 11 is 0. The minimum absolute atomic E-state index is 0.0926. The second kappa shape index (κ2) is 19.1. The van der Waals surface area contributed by atoms with Crippen LogP contribution in [0, 0.1) is 0 Å². The van der Waals surface area contributed by atoms with Gasteiger partial charge < -0.3 is 58.7 Å². The van der Waals surface area contributed by atoms with E-state index >= 15 is 0 Å². The van der Waals surface area contributed by atoms with Crippen molar-refractivity contribution in [2.75, 3.05) is 0 Å². The number of hydrogen-bond donors (Lipinski definition) is 11. The van der Waals surface area contributed by atoms with Crippen molar-refractivity contribution >= 4 is 17.9 Å². The van der Waals surface area contributed by atoms with Crippen LogP contribution in [0.1, 0.15) is 34.6 Å². The summed E-state index contributed by atoms with van der Waals surface area (Å²) in [5, 5.41) is 58.2. The van der Waals surface area contributed by atoms with Crippen molar-refractivity contribution in [3.63, 3.8) is 0 Å². The van der Waals surface area contributed by atoms with Gasteiger partial charge >= 0.3 is 17.9 Å². The van der Waals surface area contributed by atoms with Crippen LogP contribution in [-0.2, 0) is 14.4 Å². The highest BCUT2D eigenvalue weighted by Crippen LogP contribution is 1.87. The Labute approximate surface area is 175 Å². The van der Waals surface area contributed by atoms with E-state index in [1.807, 2.05) is 0 Å². The number of carboxylic acids is 3. The summed E-state index contributed by atoms with van der Waals surface area (Å²) in [5.41, 5.74) is 19.9. The molecule has 14 heteroatoms. The summed E-state index contributed by atoms with van der Waals surface area (Å²) in [5.74, 6) is -3.54. The highest BCUT2D eigenvalue weighted by Gasteiger charge is 2.17. The van der Waals surface area contributed by atoms with Crippen molar-refractivity contribution in [2.24, 2.45) is 22.9 Å². The molecule has 0 aliphatic carbocycles. The van der Waals surface area contributed by atoms with Gasteiger partial charge in [0.2, 0.25) is 0 Å². The molecular formula is C16H38N4O10. The first-order valence-electron chi connectivity index (χ1n) is 8.74. The van der Waals surface area contributed by atoms with Crippen LogP contribution in [-0.4, -0.2) is 102 Å². The third-order valence-corrected chi connectivity index (χ3v) is 3.18. The predicted molar refractivity (Wildman–Crippen MR) is 107 cm³/mol. The Kier molecular flexibility index (Phi) is 22.6. The first-order chi connectivity index (χ1) is 13.3. The molecule has 0 aliphatic rings. The molecule has 0 fully saturated rings. The molecule has 0 aromatic heterocycles. The van der Waals surface area contributed by atoms with Gasteiger partial charge in [-0.15, -0.1) is 0 Å². The number of aliphatic hydroxyl groups excluding tert-OH is 4. The third kappa shape index (κ3) is 24.1. The average molecular weight is 446 g/mol. The molecule has 0 saturated heterocycles. The van der Waals surface area contributed by atoms with Crippen LogP contribution in [0.4, 0.5) is 0 Å². The van der Waals surface area contributed by atoms with E-state index in [1.165, 1.54) is 20.8 Å². The van der Waals surface area contributed by atoms with Gasteiger partial charge in [0, 0.05) is 6.04 Å². The van der Waals surface area contributed by atoms with Crippen LogP contribution >= 0.6 is 0 Å².